The lowest BCUT2D eigenvalue weighted by Gasteiger charge is -2.34. The topological polar surface area (TPSA) is 53.0 Å². The number of rotatable bonds is 11. The number of carbonyl (C=O) groups is 1. The highest BCUT2D eigenvalue weighted by atomic mass is 19.4. The smallest absolute Gasteiger partial charge is 0.410 e. The third-order valence-electron chi connectivity index (χ3n) is 6.49. The molecule has 0 bridgehead atoms. The van der Waals surface area contributed by atoms with E-state index in [1.165, 1.54) is 31.4 Å². The van der Waals surface area contributed by atoms with Crippen molar-refractivity contribution < 1.29 is 27.8 Å². The van der Waals surface area contributed by atoms with Crippen LogP contribution < -0.4 is 4.74 Å². The number of aliphatic hydroxyl groups is 1. The molecule has 1 N–H and O–H groups in total. The molecule has 32 heavy (non-hydrogen) atoms. The van der Waals surface area contributed by atoms with Crippen molar-refractivity contribution in [1.29, 1.82) is 0 Å². The minimum atomic E-state index is -4.41. The summed E-state index contributed by atoms with van der Waals surface area (Å²) in [6, 6.07) is 4.29. The van der Waals surface area contributed by atoms with Crippen LogP contribution in [0, 0.1) is 5.92 Å². The summed E-state index contributed by atoms with van der Waals surface area (Å²) in [5.41, 5.74) is -0.767. The first-order valence-corrected chi connectivity index (χ1v) is 11.7. The number of hydrogen-bond acceptors (Lipinski definition) is 4. The third kappa shape index (κ3) is 8.62. The highest BCUT2D eigenvalue weighted by Crippen LogP contribution is 2.32. The van der Waals surface area contributed by atoms with Crippen molar-refractivity contribution in [3.8, 4) is 5.75 Å². The fourth-order valence-electron chi connectivity index (χ4n) is 4.37. The zero-order valence-electron chi connectivity index (χ0n) is 19.2. The standard InChI is InChI=1S/C24H37F3N2O3/c1-3-29(17-18-30)16-6-4-5-7-19-8-12-21(13-9-19)28(2)23(31)32-22-14-10-20(11-15-22)24(25,26)27/h10-11,14-15,19,21,30H,3-9,12-13,16-18H2,1-2H3. The Bertz CT molecular complexity index is 674. The van der Waals surface area contributed by atoms with E-state index in [0.29, 0.717) is 5.92 Å². The van der Waals surface area contributed by atoms with Gasteiger partial charge in [-0.2, -0.15) is 13.2 Å². The van der Waals surface area contributed by atoms with Gasteiger partial charge < -0.3 is 19.6 Å². The van der Waals surface area contributed by atoms with E-state index in [9.17, 15) is 18.0 Å². The number of alkyl halides is 3. The molecule has 0 aromatic heterocycles. The molecule has 0 atom stereocenters. The molecular formula is C24H37F3N2O3. The summed E-state index contributed by atoms with van der Waals surface area (Å²) in [5, 5.41) is 9.03. The molecule has 2 rings (SSSR count). The van der Waals surface area contributed by atoms with Crippen molar-refractivity contribution in [2.45, 2.75) is 70.5 Å². The van der Waals surface area contributed by atoms with Crippen molar-refractivity contribution >= 4 is 6.09 Å². The maximum atomic E-state index is 12.6. The lowest BCUT2D eigenvalue weighted by Crippen LogP contribution is -2.41. The second-order valence-corrected chi connectivity index (χ2v) is 8.68. The van der Waals surface area contributed by atoms with Gasteiger partial charge in [-0.3, -0.25) is 0 Å². The SMILES string of the molecule is CCN(CCO)CCCCCC1CCC(N(C)C(=O)Oc2ccc(C(F)(F)F)cc2)CC1. The molecule has 0 heterocycles. The van der Waals surface area contributed by atoms with E-state index in [-0.39, 0.29) is 18.4 Å². The van der Waals surface area contributed by atoms with Crippen LogP contribution in [0.4, 0.5) is 18.0 Å². The van der Waals surface area contributed by atoms with E-state index in [4.69, 9.17) is 9.84 Å². The fraction of sp³-hybridized carbons (Fsp3) is 0.708. The van der Waals surface area contributed by atoms with Crippen molar-refractivity contribution in [3.05, 3.63) is 29.8 Å². The summed E-state index contributed by atoms with van der Waals surface area (Å²) in [6.07, 6.45) is 3.82. The molecule has 1 aliphatic carbocycles. The van der Waals surface area contributed by atoms with Crippen LogP contribution >= 0.6 is 0 Å². The van der Waals surface area contributed by atoms with Crippen LogP contribution in [0.25, 0.3) is 0 Å². The number of aliphatic hydroxyl groups excluding tert-OH is 1. The Balaban J connectivity index is 1.66. The Morgan fingerprint density at radius 3 is 2.28 bits per heavy atom. The zero-order chi connectivity index (χ0) is 23.6. The molecule has 1 aliphatic rings. The predicted octanol–water partition coefficient (Wildman–Crippen LogP) is 5.57. The van der Waals surface area contributed by atoms with Gasteiger partial charge in [0.15, 0.2) is 0 Å². The molecule has 1 fully saturated rings. The van der Waals surface area contributed by atoms with E-state index in [2.05, 4.69) is 11.8 Å². The number of ether oxygens (including phenoxy) is 1. The Morgan fingerprint density at radius 1 is 1.06 bits per heavy atom. The maximum absolute atomic E-state index is 12.6. The van der Waals surface area contributed by atoms with Crippen molar-refractivity contribution in [1.82, 2.24) is 9.80 Å². The molecule has 1 amide bonds. The summed E-state index contributed by atoms with van der Waals surface area (Å²) < 4.78 is 43.2. The largest absolute Gasteiger partial charge is 0.416 e. The first-order chi connectivity index (χ1) is 15.2. The number of unbranched alkanes of at least 4 members (excludes halogenated alkanes) is 2. The molecule has 1 saturated carbocycles. The number of amides is 1. The molecule has 0 radical (unpaired) electrons. The number of halogens is 3. The molecule has 182 valence electrons. The van der Waals surface area contributed by atoms with Gasteiger partial charge in [0.1, 0.15) is 5.75 Å². The number of carbonyl (C=O) groups excluding carboxylic acids is 1. The molecule has 0 unspecified atom stereocenters. The maximum Gasteiger partial charge on any atom is 0.416 e. The normalized spacial score (nSPS) is 19.2. The molecule has 1 aromatic rings. The number of hydrogen-bond donors (Lipinski definition) is 1. The highest BCUT2D eigenvalue weighted by Gasteiger charge is 2.31. The fourth-order valence-corrected chi connectivity index (χ4v) is 4.37. The minimum Gasteiger partial charge on any atom is -0.410 e. The van der Waals surface area contributed by atoms with Gasteiger partial charge in [-0.25, -0.2) is 4.79 Å². The Morgan fingerprint density at radius 2 is 1.72 bits per heavy atom. The highest BCUT2D eigenvalue weighted by molar-refractivity contribution is 5.70. The molecule has 0 saturated heterocycles. The summed E-state index contributed by atoms with van der Waals surface area (Å²) in [5.74, 6) is 0.800. The average molecular weight is 459 g/mol. The molecule has 8 heteroatoms. The van der Waals surface area contributed by atoms with E-state index in [1.807, 2.05) is 0 Å². The van der Waals surface area contributed by atoms with Crippen molar-refractivity contribution in [2.24, 2.45) is 5.92 Å². The summed E-state index contributed by atoms with van der Waals surface area (Å²) in [4.78, 5) is 16.3. The molecule has 1 aromatic carbocycles. The summed E-state index contributed by atoms with van der Waals surface area (Å²) in [6.45, 7) is 5.08. The number of benzene rings is 1. The first-order valence-electron chi connectivity index (χ1n) is 11.7. The van der Waals surface area contributed by atoms with E-state index >= 15 is 0 Å². The Labute approximate surface area is 189 Å². The molecule has 5 nitrogen and oxygen atoms in total. The third-order valence-corrected chi connectivity index (χ3v) is 6.49. The van der Waals surface area contributed by atoms with Crippen LogP contribution in [-0.2, 0) is 6.18 Å². The lowest BCUT2D eigenvalue weighted by molar-refractivity contribution is -0.137. The van der Waals surface area contributed by atoms with Gasteiger partial charge in [-0.15, -0.1) is 0 Å². The number of nitrogens with zero attached hydrogens (tertiary/aromatic N) is 2. The summed E-state index contributed by atoms with van der Waals surface area (Å²) in [7, 11) is 1.70. The average Bonchev–Trinajstić information content (AvgIpc) is 2.77. The Kier molecular flexibility index (Phi) is 10.8. The van der Waals surface area contributed by atoms with E-state index < -0.39 is 17.8 Å². The van der Waals surface area contributed by atoms with Gasteiger partial charge in [0.25, 0.3) is 0 Å². The van der Waals surface area contributed by atoms with Gasteiger partial charge >= 0.3 is 12.3 Å². The van der Waals surface area contributed by atoms with Gasteiger partial charge in [0, 0.05) is 19.6 Å². The molecule has 0 aliphatic heterocycles. The Hall–Kier alpha value is -1.80. The lowest BCUT2D eigenvalue weighted by atomic mass is 9.82. The van der Waals surface area contributed by atoms with E-state index in [0.717, 1.165) is 63.9 Å². The van der Waals surface area contributed by atoms with Crippen LogP contribution in [0.1, 0.15) is 63.9 Å². The van der Waals surface area contributed by atoms with Crippen LogP contribution in [0.5, 0.6) is 5.75 Å². The first kappa shape index (κ1) is 26.5. The summed E-state index contributed by atoms with van der Waals surface area (Å²) >= 11 is 0. The van der Waals surface area contributed by atoms with Gasteiger partial charge in [-0.1, -0.05) is 26.2 Å². The van der Waals surface area contributed by atoms with Crippen LogP contribution in [0.15, 0.2) is 24.3 Å². The van der Waals surface area contributed by atoms with Crippen LogP contribution in [-0.4, -0.2) is 60.3 Å². The second-order valence-electron chi connectivity index (χ2n) is 8.68. The van der Waals surface area contributed by atoms with Gasteiger partial charge in [0.05, 0.1) is 12.2 Å². The minimum absolute atomic E-state index is 0.102. The van der Waals surface area contributed by atoms with Crippen molar-refractivity contribution in [2.75, 3.05) is 33.3 Å². The number of likely N-dealkylation sites (N-methyl/N-ethyl adjacent to an activating group) is 1. The van der Waals surface area contributed by atoms with Crippen molar-refractivity contribution in [3.63, 3.8) is 0 Å². The molecule has 0 spiro atoms. The second kappa shape index (κ2) is 13.0. The van der Waals surface area contributed by atoms with Crippen LogP contribution in [0.3, 0.4) is 0 Å². The zero-order valence-corrected chi connectivity index (χ0v) is 19.2. The van der Waals surface area contributed by atoms with E-state index in [1.54, 1.807) is 11.9 Å². The van der Waals surface area contributed by atoms with Gasteiger partial charge in [-0.05, 0) is 75.4 Å². The van der Waals surface area contributed by atoms with Gasteiger partial charge in [0.2, 0.25) is 0 Å². The predicted molar refractivity (Wildman–Crippen MR) is 119 cm³/mol. The molecular weight excluding hydrogens is 421 g/mol. The van der Waals surface area contributed by atoms with Crippen LogP contribution in [0.2, 0.25) is 0 Å². The monoisotopic (exact) mass is 458 g/mol. The quantitative estimate of drug-likeness (QED) is 0.441.